The molecule has 0 saturated carbocycles. The van der Waals surface area contributed by atoms with Gasteiger partial charge in [-0.25, -0.2) is 0 Å². The number of fused-ring (bicyclic) bond motifs is 1. The number of aromatic nitrogens is 1. The Kier molecular flexibility index (Phi) is 5.14. The van der Waals surface area contributed by atoms with Crippen LogP contribution in [-0.2, 0) is 6.54 Å². The van der Waals surface area contributed by atoms with E-state index in [9.17, 15) is 0 Å². The number of thioether (sulfide) groups is 1. The van der Waals surface area contributed by atoms with Crippen molar-refractivity contribution < 1.29 is 9.30 Å². The summed E-state index contributed by atoms with van der Waals surface area (Å²) in [6.45, 7) is 5.44. The third-order valence-corrected chi connectivity index (χ3v) is 6.41. The maximum absolute atomic E-state index is 5.34. The van der Waals surface area contributed by atoms with E-state index in [0.29, 0.717) is 14.5 Å². The number of ether oxygens (including phenoxy) is 1. The minimum absolute atomic E-state index is 0.410. The average Bonchev–Trinajstić information content (AvgIpc) is 2.80. The molecule has 0 unspecified atom stereocenters. The average molecular weight is 341 g/mol. The summed E-state index contributed by atoms with van der Waals surface area (Å²) in [6.07, 6.45) is 5.64. The van der Waals surface area contributed by atoms with Crippen LogP contribution >= 0.6 is 11.8 Å². The zero-order chi connectivity index (χ0) is 13.8. The van der Waals surface area contributed by atoms with Gasteiger partial charge in [0.1, 0.15) is 0 Å². The van der Waals surface area contributed by atoms with Gasteiger partial charge in [-0.1, -0.05) is 0 Å². The van der Waals surface area contributed by atoms with E-state index in [1.54, 1.807) is 7.11 Å². The maximum atomic E-state index is 5.34. The van der Waals surface area contributed by atoms with Gasteiger partial charge < -0.3 is 0 Å². The molecule has 0 atom stereocenters. The summed E-state index contributed by atoms with van der Waals surface area (Å²) < 4.78 is 10.7. The standard InChI is InChI=1S/C15H20NOSSe/c1-5-12(18-4)10-15-16(6-2)13-9-11(17-3)7-8-14(13)19-15/h7-10H,5-6H2,1-4H3/q+1/b12-10+. The second kappa shape index (κ2) is 6.64. The Labute approximate surface area is 125 Å². The summed E-state index contributed by atoms with van der Waals surface area (Å²) in [5.41, 5.74) is 1.32. The van der Waals surface area contributed by atoms with Crippen LogP contribution in [0.15, 0.2) is 23.1 Å². The number of methoxy groups -OCH3 is 1. The van der Waals surface area contributed by atoms with E-state index in [2.05, 4.69) is 48.9 Å². The number of allylic oxidation sites excluding steroid dienone is 1. The van der Waals surface area contributed by atoms with Crippen molar-refractivity contribution in [3.63, 3.8) is 0 Å². The zero-order valence-electron chi connectivity index (χ0n) is 11.9. The van der Waals surface area contributed by atoms with E-state index in [4.69, 9.17) is 4.74 Å². The molecule has 1 aromatic heterocycles. The van der Waals surface area contributed by atoms with Gasteiger partial charge in [-0.3, -0.25) is 0 Å². The third kappa shape index (κ3) is 3.07. The summed E-state index contributed by atoms with van der Waals surface area (Å²) in [7, 11) is 1.73. The predicted octanol–water partition coefficient (Wildman–Crippen LogP) is 3.33. The van der Waals surface area contributed by atoms with Gasteiger partial charge in [0.05, 0.1) is 0 Å². The molecule has 2 aromatic rings. The van der Waals surface area contributed by atoms with Crippen molar-refractivity contribution in [3.05, 3.63) is 27.7 Å². The normalized spacial score (nSPS) is 12.1. The Bertz CT molecular complexity index is 597. The Morgan fingerprint density at radius 2 is 2.21 bits per heavy atom. The van der Waals surface area contributed by atoms with Gasteiger partial charge in [0.15, 0.2) is 0 Å². The number of benzene rings is 1. The van der Waals surface area contributed by atoms with E-state index >= 15 is 0 Å². The monoisotopic (exact) mass is 342 g/mol. The second-order valence-corrected chi connectivity index (χ2v) is 7.35. The van der Waals surface area contributed by atoms with Crippen molar-refractivity contribution >= 4 is 42.1 Å². The molecule has 2 nitrogen and oxygen atoms in total. The summed E-state index contributed by atoms with van der Waals surface area (Å²) in [5.74, 6) is 0.943. The van der Waals surface area contributed by atoms with E-state index < -0.39 is 0 Å². The number of hydrogen-bond acceptors (Lipinski definition) is 2. The fraction of sp³-hybridized carbons (Fsp3) is 0.400. The molecule has 0 aliphatic carbocycles. The molecule has 19 heavy (non-hydrogen) atoms. The third-order valence-electron chi connectivity index (χ3n) is 3.15. The number of rotatable bonds is 5. The van der Waals surface area contributed by atoms with Crippen LogP contribution in [0.1, 0.15) is 24.8 Å². The van der Waals surface area contributed by atoms with Crippen LogP contribution in [-0.4, -0.2) is 27.9 Å². The summed E-state index contributed by atoms with van der Waals surface area (Å²) in [6, 6.07) is 6.44. The van der Waals surface area contributed by atoms with Gasteiger partial charge in [0.2, 0.25) is 0 Å². The molecule has 0 spiro atoms. The first-order valence-corrected chi connectivity index (χ1v) is 9.42. The molecular weight excluding hydrogens is 321 g/mol. The van der Waals surface area contributed by atoms with Crippen molar-refractivity contribution in [2.24, 2.45) is 0 Å². The summed E-state index contributed by atoms with van der Waals surface area (Å²) in [5, 5.41) is 0. The minimum atomic E-state index is 0.410. The van der Waals surface area contributed by atoms with Crippen LogP contribution in [0.4, 0.5) is 0 Å². The number of hydrogen-bond donors (Lipinski definition) is 0. The molecule has 0 aliphatic rings. The first-order valence-electron chi connectivity index (χ1n) is 6.48. The molecular formula is C15H20NOSSe+. The van der Waals surface area contributed by atoms with Crippen LogP contribution in [0.25, 0.3) is 15.9 Å². The fourth-order valence-electron chi connectivity index (χ4n) is 2.08. The fourth-order valence-corrected chi connectivity index (χ4v) is 5.23. The predicted molar refractivity (Wildman–Crippen MR) is 85.1 cm³/mol. The molecule has 0 radical (unpaired) electrons. The molecule has 0 bridgehead atoms. The van der Waals surface area contributed by atoms with Crippen LogP contribution in [0.2, 0.25) is 0 Å². The van der Waals surface area contributed by atoms with Gasteiger partial charge in [-0.15, -0.1) is 0 Å². The summed E-state index contributed by atoms with van der Waals surface area (Å²) >= 11 is 2.27. The van der Waals surface area contributed by atoms with Crippen molar-refractivity contribution in [2.75, 3.05) is 13.4 Å². The first kappa shape index (κ1) is 14.7. The molecule has 4 heteroatoms. The Hall–Kier alpha value is -0.701. The van der Waals surface area contributed by atoms with Crippen molar-refractivity contribution in [1.82, 2.24) is 0 Å². The van der Waals surface area contributed by atoms with Gasteiger partial charge in [0.25, 0.3) is 0 Å². The van der Waals surface area contributed by atoms with Gasteiger partial charge in [-0.05, 0) is 0 Å². The van der Waals surface area contributed by atoms with Gasteiger partial charge in [0, 0.05) is 0 Å². The molecule has 102 valence electrons. The topological polar surface area (TPSA) is 13.1 Å². The van der Waals surface area contributed by atoms with E-state index in [0.717, 1.165) is 18.7 Å². The van der Waals surface area contributed by atoms with Crippen LogP contribution < -0.4 is 9.30 Å². The first-order chi connectivity index (χ1) is 9.23. The quantitative estimate of drug-likeness (QED) is 0.611. The van der Waals surface area contributed by atoms with Crippen LogP contribution in [0.3, 0.4) is 0 Å². The molecule has 2 rings (SSSR count). The second-order valence-electron chi connectivity index (χ2n) is 4.19. The molecule has 1 heterocycles. The number of aryl methyl sites for hydroxylation is 1. The molecule has 1 aromatic carbocycles. The molecule has 0 amide bonds. The molecule has 0 fully saturated rings. The van der Waals surface area contributed by atoms with E-state index in [-0.39, 0.29) is 0 Å². The Balaban J connectivity index is 2.59. The van der Waals surface area contributed by atoms with Gasteiger partial charge in [-0.2, -0.15) is 0 Å². The van der Waals surface area contributed by atoms with Crippen molar-refractivity contribution in [3.8, 4) is 5.75 Å². The van der Waals surface area contributed by atoms with E-state index in [1.807, 2.05) is 11.8 Å². The Morgan fingerprint density at radius 3 is 2.79 bits per heavy atom. The van der Waals surface area contributed by atoms with Crippen LogP contribution in [0.5, 0.6) is 5.75 Å². The molecule has 0 N–H and O–H groups in total. The van der Waals surface area contributed by atoms with Crippen molar-refractivity contribution in [1.29, 1.82) is 0 Å². The Morgan fingerprint density at radius 1 is 1.42 bits per heavy atom. The van der Waals surface area contributed by atoms with Crippen LogP contribution in [0, 0.1) is 0 Å². The van der Waals surface area contributed by atoms with E-state index in [1.165, 1.54) is 19.2 Å². The zero-order valence-corrected chi connectivity index (χ0v) is 14.4. The van der Waals surface area contributed by atoms with Crippen molar-refractivity contribution in [2.45, 2.75) is 26.8 Å². The van der Waals surface area contributed by atoms with Gasteiger partial charge >= 0.3 is 125 Å². The summed E-state index contributed by atoms with van der Waals surface area (Å²) in [4.78, 5) is 1.45. The molecule has 0 saturated heterocycles. The SMILES string of the molecule is CC/C(=C\c1[se]c2ccc(OC)cc2[n+]1CC)SC. The molecule has 0 aliphatic heterocycles. The number of nitrogens with zero attached hydrogens (tertiary/aromatic N) is 1.